The van der Waals surface area contributed by atoms with Crippen molar-refractivity contribution >= 4 is 27.5 Å². The molecular weight excluding hydrogens is 275 g/mol. The van der Waals surface area contributed by atoms with Crippen molar-refractivity contribution < 1.29 is 5.11 Å². The molecule has 1 nitrogen and oxygen atoms in total. The van der Waals surface area contributed by atoms with Crippen LogP contribution in [-0.4, -0.2) is 5.11 Å². The maximum atomic E-state index is 10.2. The van der Waals surface area contributed by atoms with Gasteiger partial charge >= 0.3 is 0 Å². The van der Waals surface area contributed by atoms with Gasteiger partial charge in [-0.3, -0.25) is 0 Å². The molecule has 1 aromatic rings. The highest BCUT2D eigenvalue weighted by molar-refractivity contribution is 9.10. The summed E-state index contributed by atoms with van der Waals surface area (Å²) in [5.41, 5.74) is 0.964. The molecule has 1 saturated carbocycles. The highest BCUT2D eigenvalue weighted by Gasteiger charge is 2.25. The number of halogens is 2. The highest BCUT2D eigenvalue weighted by Crippen LogP contribution is 2.38. The first kappa shape index (κ1) is 11.4. The number of hydrogen-bond donors (Lipinski definition) is 1. The molecule has 15 heavy (non-hydrogen) atoms. The first-order valence-corrected chi connectivity index (χ1v) is 6.48. The molecule has 1 unspecified atom stereocenters. The summed E-state index contributed by atoms with van der Waals surface area (Å²) in [6, 6.07) is 5.59. The Kier molecular flexibility index (Phi) is 3.70. The monoisotopic (exact) mass is 288 g/mol. The summed E-state index contributed by atoms with van der Waals surface area (Å²) in [7, 11) is 0. The third-order valence-electron chi connectivity index (χ3n) is 3.13. The third-order valence-corrected chi connectivity index (χ3v) is 4.05. The van der Waals surface area contributed by atoms with E-state index in [0.717, 1.165) is 22.9 Å². The van der Waals surface area contributed by atoms with Crippen molar-refractivity contribution in [1.29, 1.82) is 0 Å². The topological polar surface area (TPSA) is 20.2 Å². The molecule has 0 bridgehead atoms. The van der Waals surface area contributed by atoms with Gasteiger partial charge in [0.05, 0.1) is 6.10 Å². The van der Waals surface area contributed by atoms with Crippen molar-refractivity contribution in [2.24, 2.45) is 5.92 Å². The molecule has 2 rings (SSSR count). The summed E-state index contributed by atoms with van der Waals surface area (Å²) in [6.07, 6.45) is 4.41. The van der Waals surface area contributed by atoms with Crippen LogP contribution in [0.25, 0.3) is 0 Å². The van der Waals surface area contributed by atoms with E-state index in [1.807, 2.05) is 18.2 Å². The molecule has 0 heterocycles. The number of rotatable bonds is 2. The zero-order chi connectivity index (χ0) is 10.8. The SMILES string of the molecule is OC(c1ccc(Cl)cc1Br)C1CCCC1. The highest BCUT2D eigenvalue weighted by atomic mass is 79.9. The van der Waals surface area contributed by atoms with Crippen LogP contribution in [0.1, 0.15) is 37.4 Å². The Morgan fingerprint density at radius 2 is 2.00 bits per heavy atom. The average molecular weight is 290 g/mol. The first-order chi connectivity index (χ1) is 7.18. The van der Waals surface area contributed by atoms with E-state index < -0.39 is 0 Å². The van der Waals surface area contributed by atoms with Crippen molar-refractivity contribution in [3.05, 3.63) is 33.3 Å². The molecule has 3 heteroatoms. The van der Waals surface area contributed by atoms with Crippen molar-refractivity contribution in [2.75, 3.05) is 0 Å². The van der Waals surface area contributed by atoms with Gasteiger partial charge in [0.1, 0.15) is 0 Å². The summed E-state index contributed by atoms with van der Waals surface area (Å²) >= 11 is 9.32. The lowest BCUT2D eigenvalue weighted by atomic mass is 9.94. The van der Waals surface area contributed by atoms with E-state index in [-0.39, 0.29) is 6.10 Å². The lowest BCUT2D eigenvalue weighted by molar-refractivity contribution is 0.111. The Bertz CT molecular complexity index is 347. The van der Waals surface area contributed by atoms with Gasteiger partial charge in [-0.2, -0.15) is 0 Å². The Morgan fingerprint density at radius 3 is 2.60 bits per heavy atom. The number of aliphatic hydroxyl groups is 1. The minimum absolute atomic E-state index is 0.348. The predicted octanol–water partition coefficient (Wildman–Crippen LogP) is 4.33. The normalized spacial score (nSPS) is 19.4. The van der Waals surface area contributed by atoms with Gasteiger partial charge in [0.2, 0.25) is 0 Å². The maximum absolute atomic E-state index is 10.2. The standard InChI is InChI=1S/C12H14BrClO/c13-11-7-9(14)5-6-10(11)12(15)8-3-1-2-4-8/h5-8,12,15H,1-4H2. The van der Waals surface area contributed by atoms with E-state index >= 15 is 0 Å². The van der Waals surface area contributed by atoms with Crippen LogP contribution in [0.2, 0.25) is 5.02 Å². The Hall–Kier alpha value is -0.0500. The van der Waals surface area contributed by atoms with Crippen LogP contribution in [-0.2, 0) is 0 Å². The molecule has 0 spiro atoms. The molecule has 1 aliphatic rings. The van der Waals surface area contributed by atoms with Crippen LogP contribution in [0.4, 0.5) is 0 Å². The second-order valence-electron chi connectivity index (χ2n) is 4.16. The summed E-state index contributed by atoms with van der Waals surface area (Å²) in [5.74, 6) is 0.419. The summed E-state index contributed by atoms with van der Waals surface area (Å²) in [6.45, 7) is 0. The third kappa shape index (κ3) is 2.55. The lowest BCUT2D eigenvalue weighted by Crippen LogP contribution is -2.09. The molecule has 82 valence electrons. The fourth-order valence-electron chi connectivity index (χ4n) is 2.27. The van der Waals surface area contributed by atoms with Crippen molar-refractivity contribution in [2.45, 2.75) is 31.8 Å². The molecule has 1 N–H and O–H groups in total. The smallest absolute Gasteiger partial charge is 0.0829 e. The molecule has 0 radical (unpaired) electrons. The van der Waals surface area contributed by atoms with Crippen LogP contribution < -0.4 is 0 Å². The van der Waals surface area contributed by atoms with Crippen LogP contribution in [0.15, 0.2) is 22.7 Å². The van der Waals surface area contributed by atoms with Gasteiger partial charge in [0.25, 0.3) is 0 Å². The largest absolute Gasteiger partial charge is 0.388 e. The van der Waals surface area contributed by atoms with Gasteiger partial charge in [-0.25, -0.2) is 0 Å². The molecule has 0 aliphatic heterocycles. The Balaban J connectivity index is 2.20. The van der Waals surface area contributed by atoms with Gasteiger partial charge in [-0.1, -0.05) is 46.4 Å². The summed E-state index contributed by atoms with van der Waals surface area (Å²) in [5, 5.41) is 10.9. The fourth-order valence-corrected chi connectivity index (χ4v) is 3.19. The molecule has 0 aromatic heterocycles. The van der Waals surface area contributed by atoms with Gasteiger partial charge in [-0.05, 0) is 36.5 Å². The number of hydrogen-bond acceptors (Lipinski definition) is 1. The molecule has 0 amide bonds. The number of aliphatic hydroxyl groups excluding tert-OH is 1. The second-order valence-corrected chi connectivity index (χ2v) is 5.45. The van der Waals surface area contributed by atoms with E-state index in [1.54, 1.807) is 0 Å². The van der Waals surface area contributed by atoms with Crippen molar-refractivity contribution in [3.8, 4) is 0 Å². The summed E-state index contributed by atoms with van der Waals surface area (Å²) in [4.78, 5) is 0. The molecule has 1 aromatic carbocycles. The zero-order valence-electron chi connectivity index (χ0n) is 8.42. The van der Waals surface area contributed by atoms with Gasteiger partial charge < -0.3 is 5.11 Å². The zero-order valence-corrected chi connectivity index (χ0v) is 10.8. The van der Waals surface area contributed by atoms with E-state index in [9.17, 15) is 5.11 Å². The van der Waals surface area contributed by atoms with E-state index in [0.29, 0.717) is 10.9 Å². The van der Waals surface area contributed by atoms with Crippen LogP contribution in [0, 0.1) is 5.92 Å². The van der Waals surface area contributed by atoms with Gasteiger partial charge in [0.15, 0.2) is 0 Å². The predicted molar refractivity (Wildman–Crippen MR) is 66.1 cm³/mol. The van der Waals surface area contributed by atoms with E-state index in [1.165, 1.54) is 12.8 Å². The van der Waals surface area contributed by atoms with E-state index in [2.05, 4.69) is 15.9 Å². The van der Waals surface area contributed by atoms with Crippen LogP contribution >= 0.6 is 27.5 Å². The molecule has 1 fully saturated rings. The minimum atomic E-state index is -0.348. The van der Waals surface area contributed by atoms with Gasteiger partial charge in [-0.15, -0.1) is 0 Å². The molecular formula is C12H14BrClO. The van der Waals surface area contributed by atoms with Gasteiger partial charge in [0, 0.05) is 9.50 Å². The minimum Gasteiger partial charge on any atom is -0.388 e. The van der Waals surface area contributed by atoms with Crippen LogP contribution in [0.5, 0.6) is 0 Å². The van der Waals surface area contributed by atoms with E-state index in [4.69, 9.17) is 11.6 Å². The van der Waals surface area contributed by atoms with Crippen molar-refractivity contribution in [1.82, 2.24) is 0 Å². The number of benzene rings is 1. The molecule has 0 saturated heterocycles. The second kappa shape index (κ2) is 4.86. The lowest BCUT2D eigenvalue weighted by Gasteiger charge is -2.19. The fraction of sp³-hybridized carbons (Fsp3) is 0.500. The molecule has 1 atom stereocenters. The summed E-state index contributed by atoms with van der Waals surface area (Å²) < 4.78 is 0.911. The molecule has 1 aliphatic carbocycles. The maximum Gasteiger partial charge on any atom is 0.0829 e. The first-order valence-electron chi connectivity index (χ1n) is 5.31. The van der Waals surface area contributed by atoms with Crippen molar-refractivity contribution in [3.63, 3.8) is 0 Å². The quantitative estimate of drug-likeness (QED) is 0.859. The Labute approximate surface area is 104 Å². The Morgan fingerprint density at radius 1 is 1.33 bits per heavy atom. The van der Waals surface area contributed by atoms with Crippen LogP contribution in [0.3, 0.4) is 0 Å². The average Bonchev–Trinajstić information content (AvgIpc) is 2.69.